The summed E-state index contributed by atoms with van der Waals surface area (Å²) in [5, 5.41) is 16.7. The highest BCUT2D eigenvalue weighted by molar-refractivity contribution is 7.90. The van der Waals surface area contributed by atoms with E-state index in [4.69, 9.17) is 0 Å². The number of thiazole rings is 1. The Balaban J connectivity index is 1.76. The minimum atomic E-state index is -3.53. The molecule has 1 saturated carbocycles. The molecule has 2 aromatic heterocycles. The molecule has 1 N–H and O–H groups in total. The van der Waals surface area contributed by atoms with E-state index in [0.29, 0.717) is 29.0 Å². The molecule has 0 aliphatic heterocycles. The van der Waals surface area contributed by atoms with E-state index in [2.05, 4.69) is 25.8 Å². The van der Waals surface area contributed by atoms with Gasteiger partial charge in [-0.25, -0.2) is 13.4 Å². The Morgan fingerprint density at radius 1 is 1.32 bits per heavy atom. The molecule has 0 bridgehead atoms. The van der Waals surface area contributed by atoms with Crippen LogP contribution in [0.5, 0.6) is 0 Å². The molecule has 1 aromatic carbocycles. The van der Waals surface area contributed by atoms with Crippen LogP contribution >= 0.6 is 11.3 Å². The first-order valence-electron chi connectivity index (χ1n) is 10.1. The smallest absolute Gasteiger partial charge is 0.233 e. The van der Waals surface area contributed by atoms with E-state index in [1.54, 1.807) is 36.7 Å². The lowest BCUT2D eigenvalue weighted by Crippen LogP contribution is -2.23. The van der Waals surface area contributed by atoms with E-state index >= 15 is 0 Å². The van der Waals surface area contributed by atoms with Gasteiger partial charge in [-0.2, -0.15) is 4.68 Å². The Labute approximate surface area is 184 Å². The van der Waals surface area contributed by atoms with Crippen molar-refractivity contribution in [1.82, 2.24) is 25.2 Å². The number of amides is 1. The highest BCUT2D eigenvalue weighted by atomic mass is 32.2. The van der Waals surface area contributed by atoms with Gasteiger partial charge >= 0.3 is 0 Å². The topological polar surface area (TPSA) is 120 Å². The van der Waals surface area contributed by atoms with Crippen LogP contribution in [0.25, 0.3) is 5.69 Å². The summed E-state index contributed by atoms with van der Waals surface area (Å²) in [6.07, 6.45) is 8.04. The van der Waals surface area contributed by atoms with Crippen molar-refractivity contribution in [2.45, 2.75) is 49.8 Å². The van der Waals surface area contributed by atoms with E-state index in [0.717, 1.165) is 24.7 Å². The van der Waals surface area contributed by atoms with E-state index < -0.39 is 15.8 Å². The summed E-state index contributed by atoms with van der Waals surface area (Å²) in [5.41, 5.74) is 1.08. The molecular formula is C20H24N6O3S2. The number of aryl methyl sites for hydroxylation is 1. The average Bonchev–Trinajstić information content (AvgIpc) is 3.48. The molecule has 9 nitrogen and oxygen atoms in total. The van der Waals surface area contributed by atoms with Crippen LogP contribution in [-0.2, 0) is 14.6 Å². The molecule has 0 spiro atoms. The van der Waals surface area contributed by atoms with Crippen LogP contribution in [0.15, 0.2) is 34.7 Å². The zero-order valence-electron chi connectivity index (χ0n) is 17.4. The van der Waals surface area contributed by atoms with Gasteiger partial charge in [-0.3, -0.25) is 4.79 Å². The molecule has 2 heterocycles. The zero-order chi connectivity index (χ0) is 22.0. The molecule has 1 aliphatic carbocycles. The molecule has 3 aromatic rings. The van der Waals surface area contributed by atoms with Crippen molar-refractivity contribution in [2.75, 3.05) is 11.6 Å². The van der Waals surface area contributed by atoms with Gasteiger partial charge in [0, 0.05) is 17.8 Å². The highest BCUT2D eigenvalue weighted by Crippen LogP contribution is 2.36. The minimum absolute atomic E-state index is 0.117. The number of nitrogens with one attached hydrogen (secondary N) is 1. The number of anilines is 1. The lowest BCUT2D eigenvalue weighted by Gasteiger charge is -2.21. The van der Waals surface area contributed by atoms with Gasteiger partial charge < -0.3 is 5.32 Å². The Morgan fingerprint density at radius 2 is 2.10 bits per heavy atom. The lowest BCUT2D eigenvalue weighted by molar-refractivity contribution is -0.118. The normalized spacial score (nSPS) is 15.8. The van der Waals surface area contributed by atoms with E-state index in [9.17, 15) is 13.2 Å². The third-order valence-corrected chi connectivity index (χ3v) is 7.49. The maximum absolute atomic E-state index is 13.2. The number of sulfone groups is 1. The van der Waals surface area contributed by atoms with E-state index in [-0.39, 0.29) is 10.8 Å². The standard InChI is InChI=1S/C20H24N6O3S2/c1-13-23-24-25-26(13)17-12-15(7-8-18(17)31(2,28)29)16(11-14-5-3-4-6-14)19(27)22-20-21-9-10-30-20/h7-10,12,14,16H,3-6,11H2,1-2H3,(H,21,22,27). The zero-order valence-corrected chi connectivity index (χ0v) is 19.0. The Hall–Kier alpha value is -2.66. The van der Waals surface area contributed by atoms with Gasteiger partial charge in [0.25, 0.3) is 0 Å². The van der Waals surface area contributed by atoms with Crippen molar-refractivity contribution in [3.63, 3.8) is 0 Å². The molecule has 1 fully saturated rings. The molecule has 0 radical (unpaired) electrons. The largest absolute Gasteiger partial charge is 0.301 e. The second-order valence-electron chi connectivity index (χ2n) is 7.90. The van der Waals surface area contributed by atoms with Gasteiger partial charge in [0.15, 0.2) is 20.8 Å². The average molecular weight is 461 g/mol. The fourth-order valence-corrected chi connectivity index (χ4v) is 5.51. The molecular weight excluding hydrogens is 436 g/mol. The molecule has 4 rings (SSSR count). The van der Waals surface area contributed by atoms with E-state index in [1.165, 1.54) is 28.9 Å². The van der Waals surface area contributed by atoms with Crippen molar-refractivity contribution in [2.24, 2.45) is 5.92 Å². The number of hydrogen-bond acceptors (Lipinski definition) is 8. The number of benzene rings is 1. The van der Waals surface area contributed by atoms with Crippen molar-refractivity contribution in [3.05, 3.63) is 41.2 Å². The van der Waals surface area contributed by atoms with Crippen LogP contribution in [0, 0.1) is 12.8 Å². The van der Waals surface area contributed by atoms with Gasteiger partial charge in [0.1, 0.15) is 0 Å². The minimum Gasteiger partial charge on any atom is -0.301 e. The SMILES string of the molecule is Cc1nnnn1-c1cc(C(CC2CCCC2)C(=O)Nc2nccs2)ccc1S(C)(=O)=O. The van der Waals surface area contributed by atoms with Crippen molar-refractivity contribution < 1.29 is 13.2 Å². The first kappa shape index (κ1) is 21.6. The van der Waals surface area contributed by atoms with Gasteiger partial charge in [0.2, 0.25) is 5.91 Å². The fourth-order valence-electron chi connectivity index (χ4n) is 4.14. The third-order valence-electron chi connectivity index (χ3n) is 5.66. The molecule has 1 atom stereocenters. The quantitative estimate of drug-likeness (QED) is 0.575. The lowest BCUT2D eigenvalue weighted by atomic mass is 9.87. The number of carbonyl (C=O) groups excluding carboxylic acids is 1. The van der Waals surface area contributed by atoms with Crippen molar-refractivity contribution >= 4 is 32.2 Å². The summed E-state index contributed by atoms with van der Waals surface area (Å²) in [5.74, 6) is 0.339. The van der Waals surface area contributed by atoms with Crippen LogP contribution in [0.1, 0.15) is 49.4 Å². The van der Waals surface area contributed by atoms with Gasteiger partial charge in [0.05, 0.1) is 16.5 Å². The maximum atomic E-state index is 13.2. The predicted octanol–water partition coefficient (Wildman–Crippen LogP) is 3.13. The first-order chi connectivity index (χ1) is 14.8. The Kier molecular flexibility index (Phi) is 6.15. The van der Waals surface area contributed by atoms with E-state index in [1.807, 2.05) is 0 Å². The number of rotatable bonds is 7. The Bertz CT molecular complexity index is 1170. The summed E-state index contributed by atoms with van der Waals surface area (Å²) in [4.78, 5) is 17.5. The number of carbonyl (C=O) groups is 1. The van der Waals surface area contributed by atoms with Crippen LogP contribution < -0.4 is 5.32 Å². The molecule has 1 amide bonds. The summed E-state index contributed by atoms with van der Waals surface area (Å²) >= 11 is 1.36. The molecule has 1 aliphatic rings. The molecule has 1 unspecified atom stereocenters. The number of tetrazole rings is 1. The monoisotopic (exact) mass is 460 g/mol. The molecule has 11 heteroatoms. The fraction of sp³-hybridized carbons (Fsp3) is 0.450. The van der Waals surface area contributed by atoms with Gasteiger partial charge in [-0.15, -0.1) is 16.4 Å². The van der Waals surface area contributed by atoms with Crippen molar-refractivity contribution in [1.29, 1.82) is 0 Å². The van der Waals surface area contributed by atoms with Crippen LogP contribution in [0.3, 0.4) is 0 Å². The second kappa shape index (κ2) is 8.83. The first-order valence-corrected chi connectivity index (χ1v) is 12.9. The molecule has 31 heavy (non-hydrogen) atoms. The van der Waals surface area contributed by atoms with Crippen LogP contribution in [0.2, 0.25) is 0 Å². The van der Waals surface area contributed by atoms with Crippen LogP contribution in [0.4, 0.5) is 5.13 Å². The maximum Gasteiger partial charge on any atom is 0.233 e. The predicted molar refractivity (Wildman–Crippen MR) is 117 cm³/mol. The highest BCUT2D eigenvalue weighted by Gasteiger charge is 2.29. The summed E-state index contributed by atoms with van der Waals surface area (Å²) in [6, 6.07) is 4.99. The summed E-state index contributed by atoms with van der Waals surface area (Å²) < 4.78 is 26.2. The summed E-state index contributed by atoms with van der Waals surface area (Å²) in [6.45, 7) is 1.70. The van der Waals surface area contributed by atoms with Gasteiger partial charge in [-0.05, 0) is 47.4 Å². The summed E-state index contributed by atoms with van der Waals surface area (Å²) in [7, 11) is -3.53. The third kappa shape index (κ3) is 4.82. The number of nitrogens with zero attached hydrogens (tertiary/aromatic N) is 5. The second-order valence-corrected chi connectivity index (χ2v) is 10.8. The Morgan fingerprint density at radius 3 is 2.71 bits per heavy atom. The van der Waals surface area contributed by atoms with Crippen LogP contribution in [-0.4, -0.2) is 45.8 Å². The molecule has 0 saturated heterocycles. The van der Waals surface area contributed by atoms with Gasteiger partial charge in [-0.1, -0.05) is 31.7 Å². The number of aromatic nitrogens is 5. The molecule has 164 valence electrons. The number of hydrogen-bond donors (Lipinski definition) is 1. The van der Waals surface area contributed by atoms with Crippen molar-refractivity contribution in [3.8, 4) is 5.69 Å².